The van der Waals surface area contributed by atoms with Crippen molar-refractivity contribution < 1.29 is 23.0 Å². The number of hydrogen-bond acceptors (Lipinski definition) is 6. The molecule has 0 aliphatic carbocycles. The number of ether oxygens (including phenoxy) is 2. The number of nitrogens with one attached hydrogen (secondary N) is 1. The van der Waals surface area contributed by atoms with Gasteiger partial charge in [0.2, 0.25) is 0 Å². The average molecular weight is 422 g/mol. The highest BCUT2D eigenvalue weighted by molar-refractivity contribution is 6.33. The summed E-state index contributed by atoms with van der Waals surface area (Å²) in [7, 11) is 0. The van der Waals surface area contributed by atoms with Crippen molar-refractivity contribution in [1.29, 1.82) is 0 Å². The summed E-state index contributed by atoms with van der Waals surface area (Å²) in [5, 5.41) is 7.00. The van der Waals surface area contributed by atoms with Crippen LogP contribution in [0.25, 0.3) is 11.3 Å². The lowest BCUT2D eigenvalue weighted by atomic mass is 10.1. The van der Waals surface area contributed by atoms with Crippen molar-refractivity contribution >= 4 is 23.3 Å². The summed E-state index contributed by atoms with van der Waals surface area (Å²) in [6.45, 7) is 4.22. The highest BCUT2D eigenvalue weighted by Crippen LogP contribution is 2.45. The standard InChI is InChI=1S/C18H14ClF2N5O3/c1-3-26-13(4-9(2)25-26)17(27)24-16-8-22-12(7-23-16)10-5-14-15(6-11(10)19)29-18(20,21)28-14/h4-8H,3H2,1-2H3,(H,23,24,27). The van der Waals surface area contributed by atoms with Crippen molar-refractivity contribution in [3.05, 3.63) is 47.0 Å². The molecule has 0 atom stereocenters. The number of aryl methyl sites for hydroxylation is 2. The van der Waals surface area contributed by atoms with Crippen molar-refractivity contribution in [1.82, 2.24) is 19.7 Å². The fourth-order valence-electron chi connectivity index (χ4n) is 2.85. The number of benzene rings is 1. The second-order valence-electron chi connectivity index (χ2n) is 6.17. The number of aromatic nitrogens is 4. The van der Waals surface area contributed by atoms with Crippen LogP contribution in [0.15, 0.2) is 30.6 Å². The number of carbonyl (C=O) groups is 1. The molecule has 150 valence electrons. The maximum absolute atomic E-state index is 13.2. The molecule has 4 rings (SSSR count). The van der Waals surface area contributed by atoms with E-state index < -0.39 is 6.29 Å². The Morgan fingerprint density at radius 3 is 2.59 bits per heavy atom. The van der Waals surface area contributed by atoms with E-state index in [0.717, 1.165) is 5.69 Å². The minimum atomic E-state index is -3.74. The van der Waals surface area contributed by atoms with Crippen LogP contribution in [0.2, 0.25) is 5.02 Å². The Labute approximate surface area is 168 Å². The second-order valence-corrected chi connectivity index (χ2v) is 6.58. The van der Waals surface area contributed by atoms with Gasteiger partial charge in [0.25, 0.3) is 5.91 Å². The molecule has 8 nitrogen and oxygen atoms in total. The normalized spacial score (nSPS) is 14.1. The summed E-state index contributed by atoms with van der Waals surface area (Å²) in [4.78, 5) is 20.8. The average Bonchev–Trinajstić information content (AvgIpc) is 3.19. The van der Waals surface area contributed by atoms with Gasteiger partial charge in [0, 0.05) is 18.2 Å². The molecule has 0 saturated heterocycles. The van der Waals surface area contributed by atoms with E-state index >= 15 is 0 Å². The molecule has 1 aliphatic rings. The molecule has 2 aromatic heterocycles. The van der Waals surface area contributed by atoms with E-state index in [2.05, 4.69) is 29.9 Å². The monoisotopic (exact) mass is 421 g/mol. The zero-order chi connectivity index (χ0) is 20.8. The van der Waals surface area contributed by atoms with Gasteiger partial charge in [-0.1, -0.05) is 11.6 Å². The first kappa shape index (κ1) is 19.1. The highest BCUT2D eigenvalue weighted by Gasteiger charge is 2.43. The van der Waals surface area contributed by atoms with E-state index in [1.54, 1.807) is 17.7 Å². The molecule has 0 radical (unpaired) electrons. The van der Waals surface area contributed by atoms with Crippen molar-refractivity contribution in [2.45, 2.75) is 26.7 Å². The van der Waals surface area contributed by atoms with Gasteiger partial charge >= 0.3 is 6.29 Å². The molecule has 3 aromatic rings. The minimum absolute atomic E-state index is 0.137. The van der Waals surface area contributed by atoms with Crippen LogP contribution < -0.4 is 14.8 Å². The molecular weight excluding hydrogens is 408 g/mol. The Morgan fingerprint density at radius 1 is 1.21 bits per heavy atom. The van der Waals surface area contributed by atoms with Crippen molar-refractivity contribution in [3.8, 4) is 22.8 Å². The molecule has 1 N–H and O–H groups in total. The number of nitrogens with zero attached hydrogens (tertiary/aromatic N) is 4. The lowest BCUT2D eigenvalue weighted by molar-refractivity contribution is -0.286. The first-order valence-corrected chi connectivity index (χ1v) is 8.91. The third-order valence-corrected chi connectivity index (χ3v) is 4.41. The third-order valence-electron chi connectivity index (χ3n) is 4.09. The van der Waals surface area contributed by atoms with Gasteiger partial charge in [-0.15, -0.1) is 8.78 Å². The van der Waals surface area contributed by atoms with E-state index in [1.165, 1.54) is 24.5 Å². The number of carbonyl (C=O) groups excluding carboxylic acids is 1. The lowest BCUT2D eigenvalue weighted by Gasteiger charge is -2.08. The van der Waals surface area contributed by atoms with Crippen LogP contribution in [0.1, 0.15) is 23.1 Å². The van der Waals surface area contributed by atoms with E-state index in [-0.39, 0.29) is 28.2 Å². The molecule has 0 unspecified atom stereocenters. The van der Waals surface area contributed by atoms with Crippen LogP contribution in [-0.4, -0.2) is 32.0 Å². The molecular formula is C18H14ClF2N5O3. The molecule has 0 saturated carbocycles. The number of hydrogen-bond donors (Lipinski definition) is 1. The van der Waals surface area contributed by atoms with Gasteiger partial charge in [0.15, 0.2) is 17.3 Å². The predicted molar refractivity (Wildman–Crippen MR) is 99.3 cm³/mol. The zero-order valence-electron chi connectivity index (χ0n) is 15.2. The Balaban J connectivity index is 1.55. The van der Waals surface area contributed by atoms with Crippen LogP contribution in [0.3, 0.4) is 0 Å². The van der Waals surface area contributed by atoms with E-state index in [4.69, 9.17) is 11.6 Å². The van der Waals surface area contributed by atoms with Crippen LogP contribution in [0.5, 0.6) is 11.5 Å². The number of rotatable bonds is 4. The van der Waals surface area contributed by atoms with Gasteiger partial charge < -0.3 is 14.8 Å². The Hall–Kier alpha value is -3.27. The number of anilines is 1. The molecule has 0 bridgehead atoms. The fraction of sp³-hybridized carbons (Fsp3) is 0.222. The maximum atomic E-state index is 13.2. The van der Waals surface area contributed by atoms with E-state index in [1.807, 2.05) is 6.92 Å². The Kier molecular flexibility index (Phi) is 4.58. The van der Waals surface area contributed by atoms with Crippen LogP contribution in [-0.2, 0) is 6.54 Å². The lowest BCUT2D eigenvalue weighted by Crippen LogP contribution is -2.25. The molecule has 29 heavy (non-hydrogen) atoms. The summed E-state index contributed by atoms with van der Waals surface area (Å²) in [5.74, 6) is -0.485. The van der Waals surface area contributed by atoms with Gasteiger partial charge in [-0.3, -0.25) is 14.5 Å². The number of alkyl halides is 2. The van der Waals surface area contributed by atoms with E-state index in [0.29, 0.717) is 23.5 Å². The van der Waals surface area contributed by atoms with Crippen molar-refractivity contribution in [2.24, 2.45) is 0 Å². The summed E-state index contributed by atoms with van der Waals surface area (Å²) in [5.41, 5.74) is 1.76. The van der Waals surface area contributed by atoms with Gasteiger partial charge in [0.05, 0.1) is 28.8 Å². The third kappa shape index (κ3) is 3.70. The SMILES string of the molecule is CCn1nc(C)cc1C(=O)Nc1cnc(-c2cc3c(cc2Cl)OC(F)(F)O3)cn1. The number of fused-ring (bicyclic) bond motifs is 1. The molecule has 1 amide bonds. The summed E-state index contributed by atoms with van der Waals surface area (Å²) >= 11 is 6.15. The zero-order valence-corrected chi connectivity index (χ0v) is 16.0. The first-order valence-electron chi connectivity index (χ1n) is 8.53. The number of amides is 1. The van der Waals surface area contributed by atoms with E-state index in [9.17, 15) is 13.6 Å². The van der Waals surface area contributed by atoms with Crippen molar-refractivity contribution in [2.75, 3.05) is 5.32 Å². The van der Waals surface area contributed by atoms with Gasteiger partial charge in [-0.2, -0.15) is 5.10 Å². The van der Waals surface area contributed by atoms with Crippen LogP contribution >= 0.6 is 11.6 Å². The molecule has 3 heterocycles. The van der Waals surface area contributed by atoms with Crippen LogP contribution in [0.4, 0.5) is 14.6 Å². The first-order chi connectivity index (χ1) is 13.8. The second kappa shape index (κ2) is 6.96. The Bertz CT molecular complexity index is 1100. The molecule has 1 aliphatic heterocycles. The predicted octanol–water partition coefficient (Wildman–Crippen LogP) is 3.90. The largest absolute Gasteiger partial charge is 0.586 e. The van der Waals surface area contributed by atoms with Crippen molar-refractivity contribution in [3.63, 3.8) is 0 Å². The molecule has 0 spiro atoms. The molecule has 0 fully saturated rings. The summed E-state index contributed by atoms with van der Waals surface area (Å²) in [6.07, 6.45) is -1.05. The number of halogens is 3. The summed E-state index contributed by atoms with van der Waals surface area (Å²) < 4.78 is 36.8. The van der Waals surface area contributed by atoms with Crippen LogP contribution in [0, 0.1) is 6.92 Å². The molecule has 11 heteroatoms. The quantitative estimate of drug-likeness (QED) is 0.687. The highest BCUT2D eigenvalue weighted by atomic mass is 35.5. The topological polar surface area (TPSA) is 91.2 Å². The maximum Gasteiger partial charge on any atom is 0.586 e. The van der Waals surface area contributed by atoms with Gasteiger partial charge in [-0.25, -0.2) is 4.98 Å². The minimum Gasteiger partial charge on any atom is -0.395 e. The van der Waals surface area contributed by atoms with Gasteiger partial charge in [0.1, 0.15) is 5.69 Å². The smallest absolute Gasteiger partial charge is 0.395 e. The summed E-state index contributed by atoms with van der Waals surface area (Å²) in [6, 6.07) is 4.19. The fourth-order valence-corrected chi connectivity index (χ4v) is 3.10. The van der Waals surface area contributed by atoms with Gasteiger partial charge in [-0.05, 0) is 26.0 Å². The Morgan fingerprint density at radius 2 is 1.93 bits per heavy atom. The molecule has 1 aromatic carbocycles.